The van der Waals surface area contributed by atoms with Crippen LogP contribution < -0.4 is 0 Å². The van der Waals surface area contributed by atoms with Crippen molar-refractivity contribution >= 4 is 5.78 Å². The third kappa shape index (κ3) is 2.46. The summed E-state index contributed by atoms with van der Waals surface area (Å²) >= 11 is 0. The Kier molecular flexibility index (Phi) is 3.47. The van der Waals surface area contributed by atoms with Gasteiger partial charge in [0.2, 0.25) is 0 Å². The Hall–Kier alpha value is -1.56. The third-order valence-electron chi connectivity index (χ3n) is 2.01. The summed E-state index contributed by atoms with van der Waals surface area (Å²) < 4.78 is 1.62. The van der Waals surface area contributed by atoms with E-state index in [1.165, 1.54) is 0 Å². The van der Waals surface area contributed by atoms with Crippen LogP contribution in [-0.4, -0.2) is 15.6 Å². The molecular formula is C11H14N2O. The lowest BCUT2D eigenvalue weighted by atomic mass is 10.1. The molecular weight excluding hydrogens is 176 g/mol. The monoisotopic (exact) mass is 190 g/mol. The molecule has 0 atom stereocenters. The number of hydrogen-bond acceptors (Lipinski definition) is 2. The molecule has 0 aliphatic carbocycles. The molecule has 14 heavy (non-hydrogen) atoms. The maximum atomic E-state index is 11.6. The van der Waals surface area contributed by atoms with Gasteiger partial charge < -0.3 is 0 Å². The quantitative estimate of drug-likeness (QED) is 0.411. The third-order valence-corrected chi connectivity index (χ3v) is 2.01. The molecule has 0 bridgehead atoms. The smallest absolute Gasteiger partial charge is 0.180 e. The van der Waals surface area contributed by atoms with Crippen LogP contribution in [0.25, 0.3) is 0 Å². The van der Waals surface area contributed by atoms with Crippen molar-refractivity contribution < 1.29 is 4.79 Å². The van der Waals surface area contributed by atoms with E-state index in [1.54, 1.807) is 17.8 Å². The van der Waals surface area contributed by atoms with Crippen LogP contribution in [0.4, 0.5) is 0 Å². The summed E-state index contributed by atoms with van der Waals surface area (Å²) in [4.78, 5) is 11.6. The highest BCUT2D eigenvalue weighted by Crippen LogP contribution is 2.07. The Bertz CT molecular complexity index is 371. The van der Waals surface area contributed by atoms with Gasteiger partial charge in [-0.3, -0.25) is 9.48 Å². The number of nitrogens with zero attached hydrogens (tertiary/aromatic N) is 2. The maximum absolute atomic E-state index is 11.6. The molecule has 0 aromatic carbocycles. The number of aryl methyl sites for hydroxylation is 2. The SMILES string of the molecule is C#CCCCC(=O)c1cc(C)nn1C. The van der Waals surface area contributed by atoms with Gasteiger partial charge in [-0.2, -0.15) is 5.10 Å². The lowest BCUT2D eigenvalue weighted by Gasteiger charge is -1.98. The molecule has 3 heteroatoms. The summed E-state index contributed by atoms with van der Waals surface area (Å²) in [6, 6.07) is 1.80. The Morgan fingerprint density at radius 1 is 1.71 bits per heavy atom. The predicted octanol–water partition coefficient (Wildman–Crippen LogP) is 1.71. The van der Waals surface area contributed by atoms with Crippen molar-refractivity contribution in [3.8, 4) is 12.3 Å². The Balaban J connectivity index is 2.61. The molecule has 0 N–H and O–H groups in total. The summed E-state index contributed by atoms with van der Waals surface area (Å²) in [5.74, 6) is 2.63. The van der Waals surface area contributed by atoms with Gasteiger partial charge in [-0.25, -0.2) is 0 Å². The highest BCUT2D eigenvalue weighted by Gasteiger charge is 2.10. The Morgan fingerprint density at radius 2 is 2.43 bits per heavy atom. The molecule has 3 nitrogen and oxygen atoms in total. The van der Waals surface area contributed by atoms with E-state index in [0.29, 0.717) is 18.5 Å². The molecule has 1 heterocycles. The number of carbonyl (C=O) groups excluding carboxylic acids is 1. The fourth-order valence-electron chi connectivity index (χ4n) is 1.35. The van der Waals surface area contributed by atoms with Crippen molar-refractivity contribution in [1.82, 2.24) is 9.78 Å². The zero-order chi connectivity index (χ0) is 10.6. The van der Waals surface area contributed by atoms with Crippen LogP contribution in [0, 0.1) is 19.3 Å². The minimum Gasteiger partial charge on any atom is -0.292 e. The molecule has 0 radical (unpaired) electrons. The number of hydrogen-bond donors (Lipinski definition) is 0. The second-order valence-corrected chi connectivity index (χ2v) is 3.28. The van der Waals surface area contributed by atoms with Gasteiger partial charge in [-0.05, 0) is 19.4 Å². The average Bonchev–Trinajstić information content (AvgIpc) is 2.45. The fraction of sp³-hybridized carbons (Fsp3) is 0.455. The van der Waals surface area contributed by atoms with Crippen molar-refractivity contribution in [2.45, 2.75) is 26.2 Å². The lowest BCUT2D eigenvalue weighted by Crippen LogP contribution is -2.06. The predicted molar refractivity (Wildman–Crippen MR) is 55.0 cm³/mol. The van der Waals surface area contributed by atoms with Crippen LogP contribution in [0.2, 0.25) is 0 Å². The first-order chi connectivity index (χ1) is 6.65. The number of terminal acetylenes is 1. The normalized spacial score (nSPS) is 9.79. The van der Waals surface area contributed by atoms with Gasteiger partial charge in [0, 0.05) is 19.9 Å². The van der Waals surface area contributed by atoms with E-state index in [4.69, 9.17) is 6.42 Å². The summed E-state index contributed by atoms with van der Waals surface area (Å²) in [5, 5.41) is 4.12. The lowest BCUT2D eigenvalue weighted by molar-refractivity contribution is 0.0971. The van der Waals surface area contributed by atoms with E-state index >= 15 is 0 Å². The summed E-state index contributed by atoms with van der Waals surface area (Å²) in [6.07, 6.45) is 7.02. The summed E-state index contributed by atoms with van der Waals surface area (Å²) in [6.45, 7) is 1.87. The standard InChI is InChI=1S/C11H14N2O/c1-4-5-6-7-11(14)10-8-9(2)12-13(10)3/h1,8H,5-7H2,2-3H3. The van der Waals surface area contributed by atoms with Gasteiger partial charge in [0.15, 0.2) is 5.78 Å². The van der Waals surface area contributed by atoms with E-state index in [0.717, 1.165) is 12.1 Å². The molecule has 0 aliphatic heterocycles. The van der Waals surface area contributed by atoms with Gasteiger partial charge in [0.05, 0.1) is 5.69 Å². The summed E-state index contributed by atoms with van der Waals surface area (Å²) in [5.41, 5.74) is 1.53. The Labute approximate surface area is 84.1 Å². The maximum Gasteiger partial charge on any atom is 0.180 e. The molecule has 0 saturated carbocycles. The largest absolute Gasteiger partial charge is 0.292 e. The van der Waals surface area contributed by atoms with Gasteiger partial charge in [-0.15, -0.1) is 12.3 Å². The molecule has 0 saturated heterocycles. The van der Waals surface area contributed by atoms with E-state index in [9.17, 15) is 4.79 Å². The molecule has 1 rings (SSSR count). The van der Waals surface area contributed by atoms with Crippen molar-refractivity contribution in [2.75, 3.05) is 0 Å². The minimum atomic E-state index is 0.114. The molecule has 74 valence electrons. The van der Waals surface area contributed by atoms with Gasteiger partial charge in [-0.1, -0.05) is 0 Å². The average molecular weight is 190 g/mol. The number of rotatable bonds is 4. The van der Waals surface area contributed by atoms with Crippen molar-refractivity contribution in [3.05, 3.63) is 17.5 Å². The first-order valence-electron chi connectivity index (χ1n) is 4.62. The number of ketones is 1. The zero-order valence-corrected chi connectivity index (χ0v) is 8.58. The first kappa shape index (κ1) is 10.5. The molecule has 0 spiro atoms. The van der Waals surface area contributed by atoms with E-state index in [2.05, 4.69) is 11.0 Å². The first-order valence-corrected chi connectivity index (χ1v) is 4.62. The summed E-state index contributed by atoms with van der Waals surface area (Å²) in [7, 11) is 1.78. The van der Waals surface area contributed by atoms with Crippen LogP contribution in [0.3, 0.4) is 0 Å². The van der Waals surface area contributed by atoms with Crippen LogP contribution in [-0.2, 0) is 7.05 Å². The zero-order valence-electron chi connectivity index (χ0n) is 8.58. The second-order valence-electron chi connectivity index (χ2n) is 3.28. The van der Waals surface area contributed by atoms with Crippen LogP contribution in [0.5, 0.6) is 0 Å². The van der Waals surface area contributed by atoms with E-state index in [1.807, 2.05) is 6.92 Å². The minimum absolute atomic E-state index is 0.114. The van der Waals surface area contributed by atoms with Gasteiger partial charge >= 0.3 is 0 Å². The van der Waals surface area contributed by atoms with Gasteiger partial charge in [0.25, 0.3) is 0 Å². The van der Waals surface area contributed by atoms with E-state index in [-0.39, 0.29) is 5.78 Å². The molecule has 1 aromatic heterocycles. The molecule has 0 amide bonds. The van der Waals surface area contributed by atoms with Crippen LogP contribution in [0.15, 0.2) is 6.07 Å². The topological polar surface area (TPSA) is 34.9 Å². The number of Topliss-reactive ketones (excluding diaryl/α,β-unsaturated/α-hetero) is 1. The highest BCUT2D eigenvalue weighted by atomic mass is 16.1. The highest BCUT2D eigenvalue weighted by molar-refractivity contribution is 5.94. The molecule has 1 aromatic rings. The van der Waals surface area contributed by atoms with E-state index < -0.39 is 0 Å². The Morgan fingerprint density at radius 3 is 2.93 bits per heavy atom. The molecule has 0 unspecified atom stereocenters. The fourth-order valence-corrected chi connectivity index (χ4v) is 1.35. The van der Waals surface area contributed by atoms with Gasteiger partial charge in [0.1, 0.15) is 5.69 Å². The number of unbranched alkanes of at least 4 members (excludes halogenated alkanes) is 1. The second kappa shape index (κ2) is 4.61. The van der Waals surface area contributed by atoms with Crippen molar-refractivity contribution in [1.29, 1.82) is 0 Å². The number of aromatic nitrogens is 2. The van der Waals surface area contributed by atoms with Crippen molar-refractivity contribution in [2.24, 2.45) is 7.05 Å². The molecule has 0 fully saturated rings. The van der Waals surface area contributed by atoms with Crippen LogP contribution >= 0.6 is 0 Å². The van der Waals surface area contributed by atoms with Crippen molar-refractivity contribution in [3.63, 3.8) is 0 Å². The molecule has 0 aliphatic rings. The van der Waals surface area contributed by atoms with Crippen LogP contribution in [0.1, 0.15) is 35.4 Å². The number of carbonyl (C=O) groups is 1.